The predicted molar refractivity (Wildman–Crippen MR) is 156 cm³/mol. The van der Waals surface area contributed by atoms with E-state index in [0.29, 0.717) is 32.1 Å². The first-order valence-electron chi connectivity index (χ1n) is 13.1. The Morgan fingerprint density at radius 3 is 2.61 bits per heavy atom. The van der Waals surface area contributed by atoms with Crippen LogP contribution in [0.5, 0.6) is 17.5 Å². The summed E-state index contributed by atoms with van der Waals surface area (Å²) in [5.74, 6) is -3.79. The Morgan fingerprint density at radius 2 is 1.89 bits per heavy atom. The summed E-state index contributed by atoms with van der Waals surface area (Å²) in [6, 6.07) is 9.30. The number of ether oxygens (including phenoxy) is 4. The Morgan fingerprint density at radius 1 is 1.07 bits per heavy atom. The number of aromatic nitrogens is 4. The Kier molecular flexibility index (Phi) is 8.96. The van der Waals surface area contributed by atoms with Gasteiger partial charge in [-0.2, -0.15) is 0 Å². The van der Waals surface area contributed by atoms with E-state index in [1.165, 1.54) is 55.1 Å². The zero-order valence-corrected chi connectivity index (χ0v) is 24.5. The van der Waals surface area contributed by atoms with Crippen molar-refractivity contribution in [2.45, 2.75) is 25.9 Å². The number of aryl methyl sites for hydroxylation is 1. The second-order valence-electron chi connectivity index (χ2n) is 9.70. The average Bonchev–Trinajstić information content (AvgIpc) is 3.41. The lowest BCUT2D eigenvalue weighted by Crippen LogP contribution is -2.29. The van der Waals surface area contributed by atoms with Crippen LogP contribution >= 0.6 is 11.3 Å². The van der Waals surface area contributed by atoms with Gasteiger partial charge in [-0.25, -0.2) is 37.9 Å². The number of amides is 1. The van der Waals surface area contributed by atoms with Crippen LogP contribution in [0, 0.1) is 12.7 Å². The second-order valence-corrected chi connectivity index (χ2v) is 10.7. The summed E-state index contributed by atoms with van der Waals surface area (Å²) in [5, 5.41) is 11.7. The van der Waals surface area contributed by atoms with Crippen molar-refractivity contribution < 1.29 is 42.0 Å². The Labute approximate surface area is 252 Å². The molecule has 0 fully saturated rings. The number of aliphatic hydroxyl groups is 1. The SMILES string of the molecule is COc1cnc2c(-c3nc4cc(F)c(OC[C@@H](C)OC(=O)Nc5ccc(OCC(F)(F)CO)nc5)cc4s3)cc(C)cc2n1. The molecule has 2 N–H and O–H groups in total. The highest BCUT2D eigenvalue weighted by Crippen LogP contribution is 2.37. The fourth-order valence-electron chi connectivity index (χ4n) is 4.00. The van der Waals surface area contributed by atoms with Crippen LogP contribution in [0.25, 0.3) is 31.8 Å². The third-order valence-electron chi connectivity index (χ3n) is 6.08. The molecule has 0 aliphatic rings. The van der Waals surface area contributed by atoms with Gasteiger partial charge in [-0.3, -0.25) is 5.32 Å². The molecule has 0 spiro atoms. The number of pyridine rings is 1. The van der Waals surface area contributed by atoms with Gasteiger partial charge in [0.25, 0.3) is 0 Å². The molecule has 230 valence electrons. The summed E-state index contributed by atoms with van der Waals surface area (Å²) in [5.41, 5.74) is 3.66. The summed E-state index contributed by atoms with van der Waals surface area (Å²) < 4.78 is 62.7. The lowest BCUT2D eigenvalue weighted by Gasteiger charge is -2.15. The van der Waals surface area contributed by atoms with E-state index >= 15 is 0 Å². The minimum Gasteiger partial charge on any atom is -0.487 e. The molecule has 0 saturated heterocycles. The van der Waals surface area contributed by atoms with Gasteiger partial charge in [-0.1, -0.05) is 0 Å². The van der Waals surface area contributed by atoms with Crippen molar-refractivity contribution in [3.05, 3.63) is 60.2 Å². The number of benzene rings is 2. The minimum absolute atomic E-state index is 0.0336. The first-order valence-corrected chi connectivity index (χ1v) is 13.9. The molecule has 11 nitrogen and oxygen atoms in total. The molecular formula is C29H26F3N5O6S. The second kappa shape index (κ2) is 12.9. The van der Waals surface area contributed by atoms with Gasteiger partial charge in [0.15, 0.2) is 18.2 Å². The van der Waals surface area contributed by atoms with Crippen LogP contribution in [0.4, 0.5) is 23.7 Å². The van der Waals surface area contributed by atoms with Crippen molar-refractivity contribution >= 4 is 44.4 Å². The zero-order chi connectivity index (χ0) is 31.4. The summed E-state index contributed by atoms with van der Waals surface area (Å²) in [6.07, 6.45) is 1.11. The van der Waals surface area contributed by atoms with Gasteiger partial charge in [0.2, 0.25) is 11.8 Å². The van der Waals surface area contributed by atoms with Crippen LogP contribution in [0.15, 0.2) is 48.8 Å². The number of carbonyl (C=O) groups is 1. The van der Waals surface area contributed by atoms with E-state index in [4.69, 9.17) is 24.1 Å². The number of aliphatic hydroxyl groups excluding tert-OH is 1. The van der Waals surface area contributed by atoms with Crippen LogP contribution in [-0.2, 0) is 4.74 Å². The maximum Gasteiger partial charge on any atom is 0.412 e. The van der Waals surface area contributed by atoms with Crippen LogP contribution in [0.2, 0.25) is 0 Å². The van der Waals surface area contributed by atoms with Crippen molar-refractivity contribution in [1.82, 2.24) is 19.9 Å². The third-order valence-corrected chi connectivity index (χ3v) is 7.13. The highest BCUT2D eigenvalue weighted by atomic mass is 32.1. The van der Waals surface area contributed by atoms with Crippen molar-refractivity contribution in [3.8, 4) is 28.1 Å². The van der Waals surface area contributed by atoms with E-state index in [1.54, 1.807) is 6.92 Å². The van der Waals surface area contributed by atoms with Gasteiger partial charge in [0.1, 0.15) is 24.3 Å². The number of thiazole rings is 1. The van der Waals surface area contributed by atoms with Crippen LogP contribution < -0.4 is 19.5 Å². The van der Waals surface area contributed by atoms with Gasteiger partial charge in [0, 0.05) is 23.8 Å². The number of anilines is 1. The molecule has 0 radical (unpaired) electrons. The number of fused-ring (bicyclic) bond motifs is 2. The fourth-order valence-corrected chi connectivity index (χ4v) is 4.99. The number of nitrogens with zero attached hydrogens (tertiary/aromatic N) is 4. The van der Waals surface area contributed by atoms with E-state index in [9.17, 15) is 18.0 Å². The highest BCUT2D eigenvalue weighted by Gasteiger charge is 2.29. The molecule has 44 heavy (non-hydrogen) atoms. The monoisotopic (exact) mass is 629 g/mol. The molecule has 1 amide bonds. The van der Waals surface area contributed by atoms with E-state index in [0.717, 1.165) is 11.1 Å². The van der Waals surface area contributed by atoms with E-state index in [-0.39, 0.29) is 23.9 Å². The van der Waals surface area contributed by atoms with Crippen molar-refractivity contribution in [3.63, 3.8) is 0 Å². The van der Waals surface area contributed by atoms with E-state index in [2.05, 4.69) is 25.3 Å². The maximum atomic E-state index is 14.9. The molecule has 0 aliphatic carbocycles. The highest BCUT2D eigenvalue weighted by molar-refractivity contribution is 7.21. The zero-order valence-electron chi connectivity index (χ0n) is 23.6. The van der Waals surface area contributed by atoms with Gasteiger partial charge < -0.3 is 24.1 Å². The summed E-state index contributed by atoms with van der Waals surface area (Å²) in [6.45, 7) is 0.950. The molecule has 0 saturated carbocycles. The van der Waals surface area contributed by atoms with Crippen molar-refractivity contribution in [2.24, 2.45) is 0 Å². The summed E-state index contributed by atoms with van der Waals surface area (Å²) >= 11 is 1.34. The fraction of sp³-hybridized carbons (Fsp3) is 0.276. The Hall–Kier alpha value is -4.76. The number of carbonyl (C=O) groups excluding carboxylic acids is 1. The van der Waals surface area contributed by atoms with E-state index in [1.807, 2.05) is 19.1 Å². The smallest absolute Gasteiger partial charge is 0.412 e. The molecule has 5 aromatic rings. The maximum absolute atomic E-state index is 14.9. The van der Waals surface area contributed by atoms with Gasteiger partial charge in [-0.05, 0) is 37.6 Å². The standard InChI is InChI=1S/C29H26F3N5O6S/c1-15-6-18(26-21(7-15)36-25(40-3)11-34-26)27-37-20-8-19(30)22(9-23(20)44-27)41-12-16(2)43-28(39)35-17-4-5-24(33-10-17)42-14-29(31,32)13-38/h4-11,16,38H,12-14H2,1-3H3,(H,35,39)/t16-/m1/s1. The van der Waals surface area contributed by atoms with E-state index < -0.39 is 37.2 Å². The van der Waals surface area contributed by atoms with Gasteiger partial charge in [0.05, 0.1) is 46.4 Å². The molecule has 2 aromatic carbocycles. The first-order chi connectivity index (χ1) is 21.0. The molecule has 0 aliphatic heterocycles. The Bertz CT molecular complexity index is 1800. The number of rotatable bonds is 11. The summed E-state index contributed by atoms with van der Waals surface area (Å²) in [4.78, 5) is 29.7. The normalized spacial score (nSPS) is 12.2. The van der Waals surface area contributed by atoms with Crippen LogP contribution in [0.3, 0.4) is 0 Å². The number of hydrogen-bond donors (Lipinski definition) is 2. The largest absolute Gasteiger partial charge is 0.487 e. The first kappa shape index (κ1) is 30.7. The lowest BCUT2D eigenvalue weighted by atomic mass is 10.1. The molecule has 15 heteroatoms. The van der Waals surface area contributed by atoms with Crippen LogP contribution in [-0.4, -0.2) is 70.1 Å². The third kappa shape index (κ3) is 7.23. The molecule has 0 bridgehead atoms. The quantitative estimate of drug-likeness (QED) is 0.185. The Balaban J connectivity index is 1.21. The van der Waals surface area contributed by atoms with Gasteiger partial charge in [-0.15, -0.1) is 11.3 Å². The lowest BCUT2D eigenvalue weighted by molar-refractivity contribution is -0.0809. The molecule has 0 unspecified atom stereocenters. The molecular weight excluding hydrogens is 603 g/mol. The minimum atomic E-state index is -3.40. The topological polar surface area (TPSA) is 138 Å². The van der Waals surface area contributed by atoms with Crippen molar-refractivity contribution in [2.75, 3.05) is 32.2 Å². The number of hydrogen-bond acceptors (Lipinski definition) is 11. The molecule has 1 atom stereocenters. The number of nitrogens with one attached hydrogen (secondary N) is 1. The number of methoxy groups -OCH3 is 1. The molecule has 3 heterocycles. The van der Waals surface area contributed by atoms with Gasteiger partial charge >= 0.3 is 12.0 Å². The average molecular weight is 630 g/mol. The summed E-state index contributed by atoms with van der Waals surface area (Å²) in [7, 11) is 1.52. The number of halogens is 3. The van der Waals surface area contributed by atoms with Crippen LogP contribution in [0.1, 0.15) is 12.5 Å². The molecule has 5 rings (SSSR count). The number of alkyl halides is 2. The predicted octanol–water partition coefficient (Wildman–Crippen LogP) is 5.78. The van der Waals surface area contributed by atoms with Crippen molar-refractivity contribution in [1.29, 1.82) is 0 Å². The molecule has 3 aromatic heterocycles.